The van der Waals surface area contributed by atoms with E-state index in [0.29, 0.717) is 32.2 Å². The summed E-state index contributed by atoms with van der Waals surface area (Å²) in [5.41, 5.74) is -0.860. The Morgan fingerprint density at radius 2 is 1.88 bits per heavy atom. The lowest BCUT2D eigenvalue weighted by Gasteiger charge is -2.42. The van der Waals surface area contributed by atoms with Crippen LogP contribution in [0.2, 0.25) is 0 Å². The molecule has 0 spiro atoms. The number of halogens is 1. The number of nitrogens with zero attached hydrogens (tertiary/aromatic N) is 1. The number of piperidine rings is 1. The molecule has 0 bridgehead atoms. The van der Waals surface area contributed by atoms with E-state index in [1.165, 1.54) is 12.1 Å². The molecule has 1 aromatic rings. The van der Waals surface area contributed by atoms with Gasteiger partial charge in [-0.3, -0.25) is 9.59 Å². The minimum atomic E-state index is -0.893. The van der Waals surface area contributed by atoms with Crippen molar-refractivity contribution in [2.75, 3.05) is 13.1 Å². The van der Waals surface area contributed by atoms with Gasteiger partial charge in [0.15, 0.2) is 0 Å². The van der Waals surface area contributed by atoms with Crippen molar-refractivity contribution in [1.82, 2.24) is 4.90 Å². The zero-order valence-electron chi connectivity index (χ0n) is 14.1. The van der Waals surface area contributed by atoms with E-state index in [9.17, 15) is 19.1 Å². The number of aliphatic carboxylic acids is 1. The number of carboxylic acids is 1. The van der Waals surface area contributed by atoms with Gasteiger partial charge in [0, 0.05) is 13.1 Å². The molecular formula is C19H24FNO3. The molecule has 4 nitrogen and oxygen atoms in total. The molecule has 5 heteroatoms. The third-order valence-corrected chi connectivity index (χ3v) is 5.74. The topological polar surface area (TPSA) is 57.6 Å². The molecule has 1 aliphatic carbocycles. The van der Waals surface area contributed by atoms with Gasteiger partial charge in [-0.2, -0.15) is 0 Å². The number of hydrogen-bond donors (Lipinski definition) is 1. The van der Waals surface area contributed by atoms with Gasteiger partial charge < -0.3 is 10.0 Å². The molecule has 24 heavy (non-hydrogen) atoms. The van der Waals surface area contributed by atoms with Crippen LogP contribution in [0.25, 0.3) is 0 Å². The lowest BCUT2D eigenvalue weighted by Crippen LogP contribution is -2.53. The van der Waals surface area contributed by atoms with Crippen LogP contribution in [0.15, 0.2) is 24.3 Å². The maximum atomic E-state index is 13.7. The van der Waals surface area contributed by atoms with Crippen LogP contribution in [-0.4, -0.2) is 35.0 Å². The number of carbonyl (C=O) groups is 2. The fourth-order valence-electron chi connectivity index (χ4n) is 4.28. The van der Waals surface area contributed by atoms with E-state index in [1.807, 2.05) is 6.07 Å². The van der Waals surface area contributed by atoms with E-state index in [4.69, 9.17) is 0 Å². The molecule has 3 rings (SSSR count). The predicted molar refractivity (Wildman–Crippen MR) is 88.1 cm³/mol. The molecule has 1 saturated carbocycles. The summed E-state index contributed by atoms with van der Waals surface area (Å²) in [6.07, 6.45) is 4.55. The molecule has 0 radical (unpaired) electrons. The van der Waals surface area contributed by atoms with Crippen molar-refractivity contribution in [3.05, 3.63) is 35.6 Å². The monoisotopic (exact) mass is 333 g/mol. The molecule has 1 saturated heterocycles. The van der Waals surface area contributed by atoms with E-state index >= 15 is 0 Å². The Morgan fingerprint density at radius 3 is 2.50 bits per heavy atom. The first-order valence-electron chi connectivity index (χ1n) is 8.66. The van der Waals surface area contributed by atoms with Crippen molar-refractivity contribution >= 4 is 11.9 Å². The van der Waals surface area contributed by atoms with Crippen molar-refractivity contribution in [2.45, 2.75) is 50.9 Å². The first-order chi connectivity index (χ1) is 11.4. The molecule has 1 amide bonds. The summed E-state index contributed by atoms with van der Waals surface area (Å²) in [6.45, 7) is 2.52. The van der Waals surface area contributed by atoms with Crippen molar-refractivity contribution in [1.29, 1.82) is 0 Å². The Labute approximate surface area is 141 Å². The van der Waals surface area contributed by atoms with E-state index in [1.54, 1.807) is 17.9 Å². The summed E-state index contributed by atoms with van der Waals surface area (Å²) in [4.78, 5) is 26.6. The number of hydrogen-bond acceptors (Lipinski definition) is 2. The summed E-state index contributed by atoms with van der Waals surface area (Å²) in [6, 6.07) is 6.32. The molecule has 1 atom stereocenters. The van der Waals surface area contributed by atoms with Gasteiger partial charge in [-0.05, 0) is 50.3 Å². The second-order valence-electron chi connectivity index (χ2n) is 7.50. The Balaban J connectivity index is 1.92. The fourth-order valence-corrected chi connectivity index (χ4v) is 4.28. The molecule has 1 aliphatic heterocycles. The average molecular weight is 333 g/mol. The Kier molecular flexibility index (Phi) is 4.37. The molecule has 0 aromatic heterocycles. The van der Waals surface area contributed by atoms with Crippen molar-refractivity contribution in [3.8, 4) is 0 Å². The van der Waals surface area contributed by atoms with Gasteiger partial charge in [-0.15, -0.1) is 0 Å². The average Bonchev–Trinajstić information content (AvgIpc) is 3.05. The standard InChI is InChI=1S/C19H24FNO3/c1-18(17(23)24)8-5-11-21(13-18)16(22)19(9-2-3-10-19)14-6-4-7-15(20)12-14/h4,6-7,12H,2-3,5,8-11,13H2,1H3,(H,23,24). The van der Waals surface area contributed by atoms with Gasteiger partial charge in [0.25, 0.3) is 0 Å². The van der Waals surface area contributed by atoms with E-state index in [-0.39, 0.29) is 18.3 Å². The van der Waals surface area contributed by atoms with Crippen LogP contribution in [0.1, 0.15) is 51.0 Å². The molecule has 1 aromatic carbocycles. The molecule has 1 N–H and O–H groups in total. The SMILES string of the molecule is CC1(C(=O)O)CCCN(C(=O)C2(c3cccc(F)c3)CCCC2)C1. The fraction of sp³-hybridized carbons (Fsp3) is 0.579. The minimum Gasteiger partial charge on any atom is -0.481 e. The zero-order valence-corrected chi connectivity index (χ0v) is 14.1. The van der Waals surface area contributed by atoms with E-state index in [2.05, 4.69) is 0 Å². The highest BCUT2D eigenvalue weighted by molar-refractivity contribution is 5.89. The van der Waals surface area contributed by atoms with Crippen molar-refractivity contribution in [3.63, 3.8) is 0 Å². The van der Waals surface area contributed by atoms with E-state index < -0.39 is 16.8 Å². The molecule has 1 unspecified atom stereocenters. The lowest BCUT2D eigenvalue weighted by atomic mass is 9.75. The third-order valence-electron chi connectivity index (χ3n) is 5.74. The van der Waals surface area contributed by atoms with Crippen LogP contribution in [0.3, 0.4) is 0 Å². The summed E-state index contributed by atoms with van der Waals surface area (Å²) in [5, 5.41) is 9.49. The second kappa shape index (κ2) is 6.19. The van der Waals surface area contributed by atoms with Crippen LogP contribution in [0.4, 0.5) is 4.39 Å². The normalized spacial score (nSPS) is 26.3. The molecule has 130 valence electrons. The lowest BCUT2D eigenvalue weighted by molar-refractivity contribution is -0.155. The quantitative estimate of drug-likeness (QED) is 0.923. The van der Waals surface area contributed by atoms with Gasteiger partial charge >= 0.3 is 5.97 Å². The van der Waals surface area contributed by atoms with Crippen molar-refractivity contribution < 1.29 is 19.1 Å². The summed E-state index contributed by atoms with van der Waals surface area (Å²) in [5.74, 6) is -1.22. The molecule has 1 heterocycles. The number of carboxylic acid groups (broad SMARTS) is 1. The van der Waals surface area contributed by atoms with Crippen LogP contribution in [-0.2, 0) is 15.0 Å². The van der Waals surface area contributed by atoms with Gasteiger partial charge in [0.1, 0.15) is 5.82 Å². The summed E-state index contributed by atoms with van der Waals surface area (Å²) in [7, 11) is 0. The van der Waals surface area contributed by atoms with Crippen LogP contribution >= 0.6 is 0 Å². The van der Waals surface area contributed by atoms with Crippen LogP contribution < -0.4 is 0 Å². The smallest absolute Gasteiger partial charge is 0.311 e. The number of benzene rings is 1. The highest BCUT2D eigenvalue weighted by Gasteiger charge is 2.48. The maximum Gasteiger partial charge on any atom is 0.311 e. The predicted octanol–water partition coefficient (Wildman–Crippen LogP) is 3.35. The zero-order chi connectivity index (χ0) is 17.4. The molecule has 2 fully saturated rings. The van der Waals surface area contributed by atoms with Crippen LogP contribution in [0.5, 0.6) is 0 Å². The first kappa shape index (κ1) is 16.9. The number of amides is 1. The highest BCUT2D eigenvalue weighted by Crippen LogP contribution is 2.44. The van der Waals surface area contributed by atoms with Gasteiger partial charge in [0.05, 0.1) is 10.8 Å². The maximum absolute atomic E-state index is 13.7. The number of rotatable bonds is 3. The summed E-state index contributed by atoms with van der Waals surface area (Å²) >= 11 is 0. The van der Waals surface area contributed by atoms with E-state index in [0.717, 1.165) is 18.4 Å². The largest absolute Gasteiger partial charge is 0.481 e. The number of likely N-dealkylation sites (tertiary alicyclic amines) is 1. The Bertz CT molecular complexity index is 654. The highest BCUT2D eigenvalue weighted by atomic mass is 19.1. The molecule has 2 aliphatic rings. The first-order valence-corrected chi connectivity index (χ1v) is 8.66. The Morgan fingerprint density at radius 1 is 1.17 bits per heavy atom. The van der Waals surface area contributed by atoms with Gasteiger partial charge in [0.2, 0.25) is 5.91 Å². The minimum absolute atomic E-state index is 0.0298. The van der Waals surface area contributed by atoms with Gasteiger partial charge in [-0.25, -0.2) is 4.39 Å². The molecular weight excluding hydrogens is 309 g/mol. The van der Waals surface area contributed by atoms with Gasteiger partial charge in [-0.1, -0.05) is 25.0 Å². The number of carbonyl (C=O) groups excluding carboxylic acids is 1. The van der Waals surface area contributed by atoms with Crippen LogP contribution in [0, 0.1) is 11.2 Å². The Hall–Kier alpha value is -1.91. The second-order valence-corrected chi connectivity index (χ2v) is 7.50. The summed E-state index contributed by atoms with van der Waals surface area (Å²) < 4.78 is 13.7. The third kappa shape index (κ3) is 2.80. The van der Waals surface area contributed by atoms with Crippen molar-refractivity contribution in [2.24, 2.45) is 5.41 Å².